The van der Waals surface area contributed by atoms with Crippen molar-refractivity contribution >= 4 is 44.8 Å². The van der Waals surface area contributed by atoms with Gasteiger partial charge < -0.3 is 5.32 Å². The van der Waals surface area contributed by atoms with Crippen molar-refractivity contribution in [2.24, 2.45) is 0 Å². The predicted octanol–water partition coefficient (Wildman–Crippen LogP) is 3.79. The SMILES string of the molecule is O=C(Nc1ccc(Cl)cc1)[C@@H]1CCCN1S(=O)(=O)c1ccc(Cl)cc1. The van der Waals surface area contributed by atoms with Gasteiger partial charge in [-0.15, -0.1) is 0 Å². The number of anilines is 1. The van der Waals surface area contributed by atoms with Gasteiger partial charge in [-0.05, 0) is 61.4 Å². The van der Waals surface area contributed by atoms with Gasteiger partial charge in [0.25, 0.3) is 0 Å². The number of carbonyl (C=O) groups excluding carboxylic acids is 1. The van der Waals surface area contributed by atoms with Crippen LogP contribution < -0.4 is 5.32 Å². The van der Waals surface area contributed by atoms with Gasteiger partial charge in [0, 0.05) is 22.3 Å². The molecule has 0 spiro atoms. The first-order valence-electron chi connectivity index (χ1n) is 7.72. The minimum atomic E-state index is -3.76. The number of hydrogen-bond donors (Lipinski definition) is 1. The van der Waals surface area contributed by atoms with Crippen molar-refractivity contribution in [3.8, 4) is 0 Å². The summed E-state index contributed by atoms with van der Waals surface area (Å²) in [7, 11) is -3.76. The van der Waals surface area contributed by atoms with Gasteiger partial charge in [0.15, 0.2) is 0 Å². The summed E-state index contributed by atoms with van der Waals surface area (Å²) in [4.78, 5) is 12.7. The van der Waals surface area contributed by atoms with Crippen LogP contribution in [-0.4, -0.2) is 31.2 Å². The maximum atomic E-state index is 12.8. The fraction of sp³-hybridized carbons (Fsp3) is 0.235. The van der Waals surface area contributed by atoms with Gasteiger partial charge >= 0.3 is 0 Å². The Kier molecular flexibility index (Phi) is 5.34. The molecule has 2 aromatic carbocycles. The molecule has 0 unspecified atom stereocenters. The first kappa shape index (κ1) is 18.2. The van der Waals surface area contributed by atoms with Crippen molar-refractivity contribution in [3.63, 3.8) is 0 Å². The predicted molar refractivity (Wildman–Crippen MR) is 98.4 cm³/mol. The van der Waals surface area contributed by atoms with E-state index in [1.165, 1.54) is 28.6 Å². The zero-order valence-electron chi connectivity index (χ0n) is 13.2. The second-order valence-corrected chi connectivity index (χ2v) is 8.49. The van der Waals surface area contributed by atoms with Crippen LogP contribution in [0.3, 0.4) is 0 Å². The van der Waals surface area contributed by atoms with Crippen molar-refractivity contribution in [1.82, 2.24) is 4.31 Å². The minimum Gasteiger partial charge on any atom is -0.325 e. The van der Waals surface area contributed by atoms with E-state index in [9.17, 15) is 13.2 Å². The molecule has 5 nitrogen and oxygen atoms in total. The maximum absolute atomic E-state index is 12.8. The first-order chi connectivity index (χ1) is 11.9. The van der Waals surface area contributed by atoms with Gasteiger partial charge in [-0.3, -0.25) is 4.79 Å². The number of benzene rings is 2. The van der Waals surface area contributed by atoms with Gasteiger partial charge in [0.1, 0.15) is 6.04 Å². The Balaban J connectivity index is 1.80. The highest BCUT2D eigenvalue weighted by Gasteiger charge is 2.39. The molecule has 1 amide bonds. The monoisotopic (exact) mass is 398 g/mol. The normalized spacial score (nSPS) is 18.2. The Hall–Kier alpha value is -1.60. The topological polar surface area (TPSA) is 66.5 Å². The summed E-state index contributed by atoms with van der Waals surface area (Å²) in [5.41, 5.74) is 0.574. The molecule has 8 heteroatoms. The molecule has 1 aliphatic heterocycles. The summed E-state index contributed by atoms with van der Waals surface area (Å²) in [6.07, 6.45) is 1.11. The molecular formula is C17H16Cl2N2O3S. The summed E-state index contributed by atoms with van der Waals surface area (Å²) in [6, 6.07) is 11.9. The Bertz CT molecular complexity index is 868. The Morgan fingerprint density at radius 3 is 2.16 bits per heavy atom. The average molecular weight is 399 g/mol. The van der Waals surface area contributed by atoms with Gasteiger partial charge in [0.2, 0.25) is 15.9 Å². The number of carbonyl (C=O) groups is 1. The zero-order valence-corrected chi connectivity index (χ0v) is 15.5. The van der Waals surface area contributed by atoms with Crippen LogP contribution in [0, 0.1) is 0 Å². The van der Waals surface area contributed by atoms with Crippen LogP contribution >= 0.6 is 23.2 Å². The standard InChI is InChI=1S/C17H16Cl2N2O3S/c18-12-3-7-14(8-4-12)20-17(22)16-2-1-11-21(16)25(23,24)15-9-5-13(19)6-10-15/h3-10,16H,1-2,11H2,(H,20,22)/t16-/m0/s1. The smallest absolute Gasteiger partial charge is 0.243 e. The Morgan fingerprint density at radius 2 is 1.56 bits per heavy atom. The molecule has 0 aromatic heterocycles. The lowest BCUT2D eigenvalue weighted by Gasteiger charge is -2.23. The highest BCUT2D eigenvalue weighted by molar-refractivity contribution is 7.89. The van der Waals surface area contributed by atoms with Crippen LogP contribution in [0.5, 0.6) is 0 Å². The lowest BCUT2D eigenvalue weighted by atomic mass is 10.2. The van der Waals surface area contributed by atoms with Gasteiger partial charge in [-0.2, -0.15) is 4.31 Å². The quantitative estimate of drug-likeness (QED) is 0.851. The molecular weight excluding hydrogens is 383 g/mol. The van der Waals surface area contributed by atoms with Gasteiger partial charge in [0.05, 0.1) is 4.90 Å². The molecule has 0 bridgehead atoms. The Morgan fingerprint density at radius 1 is 1.00 bits per heavy atom. The summed E-state index contributed by atoms with van der Waals surface area (Å²) in [5, 5.41) is 3.77. The van der Waals surface area contributed by atoms with Crippen LogP contribution in [0.2, 0.25) is 10.0 Å². The van der Waals surface area contributed by atoms with E-state index in [0.29, 0.717) is 35.1 Å². The molecule has 1 aliphatic rings. The van der Waals surface area contributed by atoms with Gasteiger partial charge in [-0.1, -0.05) is 23.2 Å². The van der Waals surface area contributed by atoms with Crippen molar-refractivity contribution in [3.05, 3.63) is 58.6 Å². The summed E-state index contributed by atoms with van der Waals surface area (Å²) in [5.74, 6) is -0.350. The lowest BCUT2D eigenvalue weighted by Crippen LogP contribution is -2.43. The number of hydrogen-bond acceptors (Lipinski definition) is 3. The molecule has 0 saturated carbocycles. The van der Waals surface area contributed by atoms with Crippen LogP contribution in [0.15, 0.2) is 53.4 Å². The molecule has 1 saturated heterocycles. The number of amides is 1. The van der Waals surface area contributed by atoms with E-state index < -0.39 is 16.1 Å². The molecule has 0 radical (unpaired) electrons. The summed E-state index contributed by atoms with van der Waals surface area (Å²) in [6.45, 7) is 0.309. The second kappa shape index (κ2) is 7.33. The first-order valence-corrected chi connectivity index (χ1v) is 9.91. The van der Waals surface area contributed by atoms with E-state index in [4.69, 9.17) is 23.2 Å². The molecule has 25 heavy (non-hydrogen) atoms. The third-order valence-electron chi connectivity index (χ3n) is 4.04. The summed E-state index contributed by atoms with van der Waals surface area (Å²) < 4.78 is 26.9. The molecule has 0 aliphatic carbocycles. The minimum absolute atomic E-state index is 0.128. The van der Waals surface area contributed by atoms with Crippen LogP contribution in [0.1, 0.15) is 12.8 Å². The van der Waals surface area contributed by atoms with Crippen molar-refractivity contribution in [1.29, 1.82) is 0 Å². The molecule has 2 aromatic rings. The lowest BCUT2D eigenvalue weighted by molar-refractivity contribution is -0.119. The average Bonchev–Trinajstić information content (AvgIpc) is 3.08. The van der Waals surface area contributed by atoms with Crippen LogP contribution in [0.25, 0.3) is 0 Å². The van der Waals surface area contributed by atoms with Crippen molar-refractivity contribution < 1.29 is 13.2 Å². The largest absolute Gasteiger partial charge is 0.325 e. The second-order valence-electron chi connectivity index (χ2n) is 5.72. The third-order valence-corrected chi connectivity index (χ3v) is 6.46. The number of sulfonamides is 1. The highest BCUT2D eigenvalue weighted by atomic mass is 35.5. The number of nitrogens with zero attached hydrogens (tertiary/aromatic N) is 1. The van der Waals surface area contributed by atoms with Crippen LogP contribution in [-0.2, 0) is 14.8 Å². The number of halogens is 2. The summed E-state index contributed by atoms with van der Waals surface area (Å²) >= 11 is 11.6. The van der Waals surface area contributed by atoms with Gasteiger partial charge in [-0.25, -0.2) is 8.42 Å². The zero-order chi connectivity index (χ0) is 18.0. The fourth-order valence-corrected chi connectivity index (χ4v) is 4.70. The third kappa shape index (κ3) is 3.98. The van der Waals surface area contributed by atoms with Crippen LogP contribution in [0.4, 0.5) is 5.69 Å². The van der Waals surface area contributed by atoms with E-state index in [1.807, 2.05) is 0 Å². The van der Waals surface area contributed by atoms with Crippen molar-refractivity contribution in [2.45, 2.75) is 23.8 Å². The maximum Gasteiger partial charge on any atom is 0.243 e. The highest BCUT2D eigenvalue weighted by Crippen LogP contribution is 2.28. The fourth-order valence-electron chi connectivity index (χ4n) is 2.79. The van der Waals surface area contributed by atoms with E-state index in [2.05, 4.69) is 5.32 Å². The van der Waals surface area contributed by atoms with E-state index >= 15 is 0 Å². The molecule has 3 rings (SSSR count). The number of rotatable bonds is 4. The van der Waals surface area contributed by atoms with Crippen molar-refractivity contribution in [2.75, 3.05) is 11.9 Å². The van der Waals surface area contributed by atoms with E-state index in [-0.39, 0.29) is 10.8 Å². The molecule has 1 fully saturated rings. The molecule has 1 heterocycles. The van der Waals surface area contributed by atoms with E-state index in [0.717, 1.165) is 0 Å². The molecule has 132 valence electrons. The van der Waals surface area contributed by atoms with E-state index in [1.54, 1.807) is 24.3 Å². The number of nitrogens with one attached hydrogen (secondary N) is 1. The Labute approximate surface area is 156 Å². The molecule has 1 N–H and O–H groups in total. The molecule has 1 atom stereocenters.